The first-order valence-corrected chi connectivity index (χ1v) is 5.87. The second kappa shape index (κ2) is 6.80. The van der Waals surface area contributed by atoms with Crippen LogP contribution in [0.5, 0.6) is 0 Å². The number of nitrogens with zero attached hydrogens (tertiary/aromatic N) is 2. The Morgan fingerprint density at radius 3 is 2.40 bits per heavy atom. The lowest BCUT2D eigenvalue weighted by Gasteiger charge is -2.32. The molecule has 0 aliphatic carbocycles. The van der Waals surface area contributed by atoms with Crippen LogP contribution in [0.2, 0.25) is 0 Å². The van der Waals surface area contributed by atoms with Crippen LogP contribution in [0.1, 0.15) is 25.7 Å². The molecule has 1 amide bonds. The number of likely N-dealkylation sites (N-methyl/N-ethyl adjacent to an activating group) is 1. The molecule has 15 heavy (non-hydrogen) atoms. The van der Waals surface area contributed by atoms with Crippen LogP contribution in [0.25, 0.3) is 0 Å². The van der Waals surface area contributed by atoms with E-state index in [1.165, 1.54) is 39.1 Å². The molecular weight excluding hydrogens is 190 g/mol. The summed E-state index contributed by atoms with van der Waals surface area (Å²) in [5.41, 5.74) is 5.08. The third-order valence-electron chi connectivity index (χ3n) is 2.99. The molecule has 0 aromatic rings. The lowest BCUT2D eigenvalue weighted by atomic mass is 10.2. The van der Waals surface area contributed by atoms with Crippen molar-refractivity contribution in [3.05, 3.63) is 0 Å². The van der Waals surface area contributed by atoms with Crippen molar-refractivity contribution in [2.24, 2.45) is 5.73 Å². The van der Waals surface area contributed by atoms with E-state index in [9.17, 15) is 4.79 Å². The molecule has 88 valence electrons. The highest BCUT2D eigenvalue weighted by molar-refractivity contribution is 5.73. The summed E-state index contributed by atoms with van der Waals surface area (Å²) in [6.07, 6.45) is 3.80. The molecule has 1 saturated heterocycles. The topological polar surface area (TPSA) is 49.6 Å². The number of carbonyl (C=O) groups excluding carboxylic acids is 1. The molecule has 4 nitrogen and oxygen atoms in total. The fourth-order valence-electron chi connectivity index (χ4n) is 1.88. The first kappa shape index (κ1) is 12.5. The summed E-state index contributed by atoms with van der Waals surface area (Å²) in [5.74, 6) is -0.172. The van der Waals surface area contributed by atoms with Crippen LogP contribution in [0.15, 0.2) is 0 Å². The quantitative estimate of drug-likeness (QED) is 0.645. The fraction of sp³-hybridized carbons (Fsp3) is 0.909. The minimum absolute atomic E-state index is 0.172. The molecule has 0 saturated carbocycles. The van der Waals surface area contributed by atoms with Crippen LogP contribution in [-0.4, -0.2) is 55.5 Å². The maximum atomic E-state index is 10.5. The number of nitrogens with two attached hydrogens (primary N) is 1. The van der Waals surface area contributed by atoms with Gasteiger partial charge < -0.3 is 15.5 Å². The van der Waals surface area contributed by atoms with Gasteiger partial charge in [0.2, 0.25) is 5.91 Å². The van der Waals surface area contributed by atoms with E-state index in [4.69, 9.17) is 5.73 Å². The molecule has 1 aliphatic rings. The standard InChI is InChI=1S/C11H23N3O/c1-13-7-9-14(10-8-13)6-4-2-3-5-11(12)15/h2-10H2,1H3,(H2,12,15). The van der Waals surface area contributed by atoms with Crippen molar-refractivity contribution in [3.8, 4) is 0 Å². The highest BCUT2D eigenvalue weighted by Crippen LogP contribution is 2.04. The van der Waals surface area contributed by atoms with Crippen LogP contribution in [0.3, 0.4) is 0 Å². The Labute approximate surface area is 92.4 Å². The Morgan fingerprint density at radius 1 is 1.13 bits per heavy atom. The van der Waals surface area contributed by atoms with Gasteiger partial charge in [0, 0.05) is 32.6 Å². The average molecular weight is 213 g/mol. The summed E-state index contributed by atoms with van der Waals surface area (Å²) in [4.78, 5) is 15.4. The lowest BCUT2D eigenvalue weighted by molar-refractivity contribution is -0.118. The van der Waals surface area contributed by atoms with Gasteiger partial charge in [-0.25, -0.2) is 0 Å². The van der Waals surface area contributed by atoms with E-state index in [0.29, 0.717) is 6.42 Å². The summed E-state index contributed by atoms with van der Waals surface area (Å²) in [5, 5.41) is 0. The summed E-state index contributed by atoms with van der Waals surface area (Å²) < 4.78 is 0. The lowest BCUT2D eigenvalue weighted by Crippen LogP contribution is -2.44. The van der Waals surface area contributed by atoms with Crippen molar-refractivity contribution in [2.75, 3.05) is 39.8 Å². The number of primary amides is 1. The van der Waals surface area contributed by atoms with Gasteiger partial charge in [-0.1, -0.05) is 6.42 Å². The Balaban J connectivity index is 1.94. The maximum Gasteiger partial charge on any atom is 0.217 e. The Morgan fingerprint density at radius 2 is 1.80 bits per heavy atom. The summed E-state index contributed by atoms with van der Waals surface area (Å²) in [7, 11) is 2.17. The Kier molecular flexibility index (Phi) is 5.65. The third-order valence-corrected chi connectivity index (χ3v) is 2.99. The molecule has 2 N–H and O–H groups in total. The van der Waals surface area contributed by atoms with E-state index in [1.807, 2.05) is 0 Å². The fourth-order valence-corrected chi connectivity index (χ4v) is 1.88. The molecule has 0 radical (unpaired) electrons. The van der Waals surface area contributed by atoms with Gasteiger partial charge in [0.05, 0.1) is 0 Å². The van der Waals surface area contributed by atoms with Crippen molar-refractivity contribution in [1.29, 1.82) is 0 Å². The van der Waals surface area contributed by atoms with Crippen molar-refractivity contribution >= 4 is 5.91 Å². The largest absolute Gasteiger partial charge is 0.370 e. The van der Waals surface area contributed by atoms with Gasteiger partial charge in [-0.05, 0) is 26.4 Å². The second-order valence-electron chi connectivity index (χ2n) is 4.42. The minimum Gasteiger partial charge on any atom is -0.370 e. The number of rotatable bonds is 6. The van der Waals surface area contributed by atoms with Crippen LogP contribution in [-0.2, 0) is 4.79 Å². The Bertz CT molecular complexity index is 188. The zero-order valence-corrected chi connectivity index (χ0v) is 9.74. The van der Waals surface area contributed by atoms with E-state index in [1.54, 1.807) is 0 Å². The van der Waals surface area contributed by atoms with E-state index >= 15 is 0 Å². The second-order valence-corrected chi connectivity index (χ2v) is 4.42. The molecular formula is C11H23N3O. The van der Waals surface area contributed by atoms with E-state index in [2.05, 4.69) is 16.8 Å². The van der Waals surface area contributed by atoms with E-state index < -0.39 is 0 Å². The van der Waals surface area contributed by atoms with Gasteiger partial charge in [0.1, 0.15) is 0 Å². The molecule has 0 unspecified atom stereocenters. The molecule has 0 atom stereocenters. The van der Waals surface area contributed by atoms with Gasteiger partial charge in [-0.3, -0.25) is 4.79 Å². The highest BCUT2D eigenvalue weighted by atomic mass is 16.1. The number of piperazine rings is 1. The number of hydrogen-bond acceptors (Lipinski definition) is 3. The van der Waals surface area contributed by atoms with Crippen molar-refractivity contribution < 1.29 is 4.79 Å². The van der Waals surface area contributed by atoms with Gasteiger partial charge in [-0.15, -0.1) is 0 Å². The summed E-state index contributed by atoms with van der Waals surface area (Å²) >= 11 is 0. The summed E-state index contributed by atoms with van der Waals surface area (Å²) in [6.45, 7) is 5.91. The maximum absolute atomic E-state index is 10.5. The zero-order valence-electron chi connectivity index (χ0n) is 9.74. The average Bonchev–Trinajstić information content (AvgIpc) is 2.20. The van der Waals surface area contributed by atoms with Crippen molar-refractivity contribution in [3.63, 3.8) is 0 Å². The van der Waals surface area contributed by atoms with Gasteiger partial charge in [0.15, 0.2) is 0 Å². The van der Waals surface area contributed by atoms with Gasteiger partial charge in [0.25, 0.3) is 0 Å². The first-order valence-electron chi connectivity index (χ1n) is 5.87. The Hall–Kier alpha value is -0.610. The monoisotopic (exact) mass is 213 g/mol. The van der Waals surface area contributed by atoms with E-state index in [0.717, 1.165) is 12.8 Å². The highest BCUT2D eigenvalue weighted by Gasteiger charge is 2.12. The minimum atomic E-state index is -0.172. The van der Waals surface area contributed by atoms with Crippen LogP contribution >= 0.6 is 0 Å². The first-order chi connectivity index (χ1) is 7.18. The number of amides is 1. The van der Waals surface area contributed by atoms with Crippen molar-refractivity contribution in [1.82, 2.24) is 9.80 Å². The predicted octanol–water partition coefficient (Wildman–Crippen LogP) is 0.280. The number of hydrogen-bond donors (Lipinski definition) is 1. The SMILES string of the molecule is CN1CCN(CCCCCC(N)=O)CC1. The normalized spacial score (nSPS) is 19.3. The number of carbonyl (C=O) groups is 1. The smallest absolute Gasteiger partial charge is 0.217 e. The van der Waals surface area contributed by atoms with Gasteiger partial charge >= 0.3 is 0 Å². The predicted molar refractivity (Wildman–Crippen MR) is 61.6 cm³/mol. The molecule has 0 bridgehead atoms. The molecule has 1 rings (SSSR count). The molecule has 1 heterocycles. The molecule has 4 heteroatoms. The van der Waals surface area contributed by atoms with Gasteiger partial charge in [-0.2, -0.15) is 0 Å². The molecule has 0 spiro atoms. The molecule has 0 aromatic carbocycles. The van der Waals surface area contributed by atoms with E-state index in [-0.39, 0.29) is 5.91 Å². The molecule has 1 fully saturated rings. The summed E-state index contributed by atoms with van der Waals surface area (Å²) in [6, 6.07) is 0. The molecule has 1 aliphatic heterocycles. The van der Waals surface area contributed by atoms with Crippen LogP contribution in [0, 0.1) is 0 Å². The number of unbranched alkanes of at least 4 members (excludes halogenated alkanes) is 2. The zero-order chi connectivity index (χ0) is 11.1. The van der Waals surface area contributed by atoms with Crippen LogP contribution in [0.4, 0.5) is 0 Å². The van der Waals surface area contributed by atoms with Crippen molar-refractivity contribution in [2.45, 2.75) is 25.7 Å². The molecule has 0 aromatic heterocycles. The third kappa shape index (κ3) is 5.74. The van der Waals surface area contributed by atoms with Crippen LogP contribution < -0.4 is 5.73 Å².